The highest BCUT2D eigenvalue weighted by atomic mass is 16.4. The number of pyridine rings is 1. The molecule has 2 N–H and O–H groups in total. The average molecular weight is 205 g/mol. The number of rotatable bonds is 3. The van der Waals surface area contributed by atoms with E-state index in [2.05, 4.69) is 4.98 Å². The first-order valence-electron chi connectivity index (χ1n) is 9.65. The Hall–Kier alpha value is -0.865. The molecule has 14 heavy (non-hydrogen) atoms. The van der Waals surface area contributed by atoms with Crippen LogP contribution in [-0.4, -0.2) is 22.2 Å². The number of hydrogen-bond acceptors (Lipinski definition) is 3. The molecule has 1 heterocycles. The minimum absolute atomic E-state index is 0.490. The van der Waals surface area contributed by atoms with E-state index in [0.29, 0.717) is 6.07 Å². The summed E-state index contributed by atoms with van der Waals surface area (Å²) in [5.74, 6) is -3.76. The molecule has 0 saturated carbocycles. The molecule has 1 aromatic heterocycles. The summed E-state index contributed by atoms with van der Waals surface area (Å²) in [6.07, 6.45) is -2.84. The normalized spacial score (nSPS) is 27.9. The van der Waals surface area contributed by atoms with Crippen LogP contribution in [-0.2, 0) is 6.37 Å². The molecule has 0 aliphatic carbocycles. The van der Waals surface area contributed by atoms with Gasteiger partial charge < -0.3 is 10.0 Å². The maximum atomic E-state index is 9.21. The fraction of sp³-hybridized carbons (Fsp3) is 0.500. The van der Waals surface area contributed by atoms with Gasteiger partial charge in [0.05, 0.1) is 0 Å². The molecular weight excluding hydrogens is 177 g/mol. The summed E-state index contributed by atoms with van der Waals surface area (Å²) in [6.45, 7) is -10.4. The number of aromatic nitrogens is 1. The minimum Gasteiger partial charge on any atom is -0.423 e. The maximum absolute atomic E-state index is 9.21. The highest BCUT2D eigenvalue weighted by Gasteiger charge is 2.13. The smallest absolute Gasteiger partial charge is 0.423 e. The molecule has 0 saturated heterocycles. The Labute approximate surface area is 102 Å². The highest BCUT2D eigenvalue weighted by Crippen LogP contribution is 2.09. The van der Waals surface area contributed by atoms with Crippen molar-refractivity contribution in [3.63, 3.8) is 0 Å². The van der Waals surface area contributed by atoms with Crippen molar-refractivity contribution in [2.75, 3.05) is 0 Å². The Morgan fingerprint density at radius 1 is 1.71 bits per heavy atom. The summed E-state index contributed by atoms with van der Waals surface area (Å²) in [7, 11) is -2.21. The minimum atomic E-state index is -3.76. The van der Waals surface area contributed by atoms with E-state index in [1.165, 1.54) is 0 Å². The molecule has 0 bridgehead atoms. The molecular formula is C10H16BNO2. The molecule has 0 aliphatic rings. The topological polar surface area (TPSA) is 53.4 Å². The predicted molar refractivity (Wildman–Crippen MR) is 57.3 cm³/mol. The standard InChI is InChI=1S/C10H16BNO2/c1-7(2)4-9-5-10(11(13)14)6-12-8(9)3/h5-7,13-14H,4H2,1-3H3/i1D3,2D3,3D3,4D2,7D. The van der Waals surface area contributed by atoms with E-state index in [1.807, 2.05) is 0 Å². The third-order valence-corrected chi connectivity index (χ3v) is 1.47. The van der Waals surface area contributed by atoms with Crippen LogP contribution in [0.1, 0.15) is 41.4 Å². The molecule has 1 aromatic rings. The van der Waals surface area contributed by atoms with Gasteiger partial charge in [0.1, 0.15) is 0 Å². The maximum Gasteiger partial charge on any atom is 0.490 e. The first kappa shape index (κ1) is 3.06. The van der Waals surface area contributed by atoms with Gasteiger partial charge in [-0.2, -0.15) is 0 Å². The number of nitrogens with zero attached hydrogens (tertiary/aromatic N) is 1. The summed E-state index contributed by atoms with van der Waals surface area (Å²) in [4.78, 5) is 3.44. The molecule has 1 rings (SSSR count). The summed E-state index contributed by atoms with van der Waals surface area (Å²) in [6, 6.07) is 0.597. The molecule has 0 fully saturated rings. The van der Waals surface area contributed by atoms with Gasteiger partial charge in [0.15, 0.2) is 0 Å². The van der Waals surface area contributed by atoms with Crippen LogP contribution in [0.2, 0.25) is 0 Å². The van der Waals surface area contributed by atoms with E-state index in [4.69, 9.17) is 16.4 Å². The predicted octanol–water partition coefficient (Wildman–Crippen LogP) is 0.268. The third kappa shape index (κ3) is 2.82. The fourth-order valence-electron chi connectivity index (χ4n) is 0.852. The Balaban J connectivity index is 3.92. The van der Waals surface area contributed by atoms with E-state index < -0.39 is 56.7 Å². The molecule has 76 valence electrons. The van der Waals surface area contributed by atoms with Crippen molar-refractivity contribution in [2.45, 2.75) is 26.9 Å². The lowest BCUT2D eigenvalue weighted by molar-refractivity contribution is 0.425. The van der Waals surface area contributed by atoms with Crippen LogP contribution >= 0.6 is 0 Å². The van der Waals surface area contributed by atoms with Gasteiger partial charge in [-0.25, -0.2) is 0 Å². The molecule has 0 atom stereocenters. The van der Waals surface area contributed by atoms with Crippen LogP contribution in [0.25, 0.3) is 0 Å². The Morgan fingerprint density at radius 2 is 2.50 bits per heavy atom. The van der Waals surface area contributed by atoms with Crippen molar-refractivity contribution in [1.82, 2.24) is 4.98 Å². The van der Waals surface area contributed by atoms with Gasteiger partial charge in [-0.05, 0) is 24.7 Å². The molecule has 0 amide bonds. The molecule has 0 radical (unpaired) electrons. The van der Waals surface area contributed by atoms with E-state index in [0.717, 1.165) is 6.20 Å². The Bertz CT molecular complexity index is 651. The van der Waals surface area contributed by atoms with Gasteiger partial charge in [-0.15, -0.1) is 0 Å². The van der Waals surface area contributed by atoms with Crippen LogP contribution in [0.5, 0.6) is 0 Å². The van der Waals surface area contributed by atoms with Gasteiger partial charge in [0.2, 0.25) is 0 Å². The van der Waals surface area contributed by atoms with Crippen molar-refractivity contribution >= 4 is 12.6 Å². The SMILES string of the molecule is [2H]C([2H])([2H])c1ncc(B(O)O)cc1C([2H])([2H])C([2H])(C([2H])([2H])[2H])C([2H])([2H])[2H]. The van der Waals surface area contributed by atoms with Crippen LogP contribution < -0.4 is 5.46 Å². The second kappa shape index (κ2) is 4.57. The molecule has 3 nitrogen and oxygen atoms in total. The van der Waals surface area contributed by atoms with E-state index in [9.17, 15) is 10.0 Å². The first-order valence-corrected chi connectivity index (χ1v) is 3.65. The van der Waals surface area contributed by atoms with Crippen molar-refractivity contribution in [2.24, 2.45) is 5.89 Å². The van der Waals surface area contributed by atoms with Crippen LogP contribution in [0, 0.1) is 12.7 Å². The summed E-state index contributed by atoms with van der Waals surface area (Å²) < 4.78 is 90.9. The Morgan fingerprint density at radius 3 is 3.07 bits per heavy atom. The molecule has 0 aromatic carbocycles. The largest absolute Gasteiger partial charge is 0.490 e. The second-order valence-corrected chi connectivity index (χ2v) is 2.54. The van der Waals surface area contributed by atoms with E-state index >= 15 is 0 Å². The zero-order valence-corrected chi connectivity index (χ0v) is 7.07. The highest BCUT2D eigenvalue weighted by molar-refractivity contribution is 6.58. The van der Waals surface area contributed by atoms with Crippen molar-refractivity contribution in [3.05, 3.63) is 23.5 Å². The van der Waals surface area contributed by atoms with Gasteiger partial charge in [-0.3, -0.25) is 4.98 Å². The zero-order chi connectivity index (χ0) is 20.9. The van der Waals surface area contributed by atoms with Crippen LogP contribution in [0.3, 0.4) is 0 Å². The summed E-state index contributed by atoms with van der Waals surface area (Å²) >= 11 is 0. The lowest BCUT2D eigenvalue weighted by atomic mass is 9.80. The molecule has 4 heteroatoms. The van der Waals surface area contributed by atoms with Crippen molar-refractivity contribution in [3.8, 4) is 0 Å². The second-order valence-electron chi connectivity index (χ2n) is 2.54. The van der Waals surface area contributed by atoms with Gasteiger partial charge in [0, 0.05) is 33.8 Å². The molecule has 0 unspecified atom stereocenters. The summed E-state index contributed by atoms with van der Waals surface area (Å²) in [5.41, 5.74) is -2.50. The van der Waals surface area contributed by atoms with Crippen molar-refractivity contribution < 1.29 is 26.5 Å². The average Bonchev–Trinajstić information content (AvgIpc) is 2.42. The van der Waals surface area contributed by atoms with E-state index in [1.54, 1.807) is 0 Å². The number of aryl methyl sites for hydroxylation is 1. The molecule has 0 aliphatic heterocycles. The number of hydrogen-bond donors (Lipinski definition) is 2. The lowest BCUT2D eigenvalue weighted by Crippen LogP contribution is -2.31. The van der Waals surface area contributed by atoms with E-state index in [-0.39, 0.29) is 0 Å². The molecule has 0 spiro atoms. The zero-order valence-electron chi connectivity index (χ0n) is 19.1. The fourth-order valence-corrected chi connectivity index (χ4v) is 0.852. The van der Waals surface area contributed by atoms with Gasteiger partial charge >= 0.3 is 7.12 Å². The Kier molecular flexibility index (Phi) is 1.00. The van der Waals surface area contributed by atoms with Gasteiger partial charge in [0.25, 0.3) is 0 Å². The first-order chi connectivity index (χ1) is 11.3. The summed E-state index contributed by atoms with van der Waals surface area (Å²) in [5, 5.41) is 18.4. The van der Waals surface area contributed by atoms with Crippen LogP contribution in [0.15, 0.2) is 12.3 Å². The monoisotopic (exact) mass is 205 g/mol. The van der Waals surface area contributed by atoms with Crippen LogP contribution in [0.4, 0.5) is 0 Å². The third-order valence-electron chi connectivity index (χ3n) is 1.47. The van der Waals surface area contributed by atoms with Gasteiger partial charge in [-0.1, -0.05) is 19.8 Å². The quantitative estimate of drug-likeness (QED) is 0.696. The lowest BCUT2D eigenvalue weighted by Gasteiger charge is -2.09. The van der Waals surface area contributed by atoms with Crippen molar-refractivity contribution in [1.29, 1.82) is 0 Å².